The summed E-state index contributed by atoms with van der Waals surface area (Å²) < 4.78 is 39.2. The third-order valence-corrected chi connectivity index (χ3v) is 8.23. The van der Waals surface area contributed by atoms with Crippen molar-refractivity contribution in [1.82, 2.24) is 14.8 Å². The average Bonchev–Trinajstić information content (AvgIpc) is 3.31. The van der Waals surface area contributed by atoms with E-state index >= 15 is 0 Å². The predicted molar refractivity (Wildman–Crippen MR) is 109 cm³/mol. The number of furan rings is 1. The number of likely N-dealkylation sites (tertiary alicyclic amines) is 1. The normalized spacial score (nSPS) is 20.6. The lowest BCUT2D eigenvalue weighted by Gasteiger charge is -2.39. The Kier molecular flexibility index (Phi) is 5.87. The van der Waals surface area contributed by atoms with Crippen molar-refractivity contribution in [2.45, 2.75) is 56.7 Å². The molecule has 0 unspecified atom stereocenters. The van der Waals surface area contributed by atoms with Crippen molar-refractivity contribution < 1.29 is 17.4 Å². The van der Waals surface area contributed by atoms with Crippen molar-refractivity contribution in [2.24, 2.45) is 0 Å². The van der Waals surface area contributed by atoms with E-state index < -0.39 is 10.0 Å². The molecule has 154 valence electrons. The minimum Gasteiger partial charge on any atom is -0.440 e. The number of aromatic nitrogens is 1. The molecule has 28 heavy (non-hydrogen) atoms. The number of nitrogens with zero attached hydrogens (tertiary/aromatic N) is 2. The van der Waals surface area contributed by atoms with Crippen LogP contribution in [0.3, 0.4) is 0 Å². The third-order valence-electron chi connectivity index (χ3n) is 5.79. The van der Waals surface area contributed by atoms with Crippen LogP contribution >= 0.6 is 11.8 Å². The molecule has 7 nitrogen and oxygen atoms in total. The third kappa shape index (κ3) is 4.17. The van der Waals surface area contributed by atoms with Crippen molar-refractivity contribution in [3.8, 4) is 11.5 Å². The summed E-state index contributed by atoms with van der Waals surface area (Å²) in [6, 6.07) is 3.71. The van der Waals surface area contributed by atoms with Gasteiger partial charge in [-0.1, -0.05) is 5.16 Å². The molecule has 2 saturated heterocycles. The maximum absolute atomic E-state index is 12.8. The topological polar surface area (TPSA) is 88.6 Å². The zero-order chi connectivity index (χ0) is 19.7. The maximum atomic E-state index is 12.8. The quantitative estimate of drug-likeness (QED) is 0.787. The summed E-state index contributed by atoms with van der Waals surface area (Å²) >= 11 is 2.03. The highest BCUT2D eigenvalue weighted by molar-refractivity contribution is 7.99. The van der Waals surface area contributed by atoms with Crippen molar-refractivity contribution in [1.29, 1.82) is 0 Å². The molecule has 2 aliphatic heterocycles. The molecule has 0 spiro atoms. The smallest absolute Gasteiger partial charge is 0.274 e. The molecule has 9 heteroatoms. The minimum absolute atomic E-state index is 0.0537. The first-order valence-corrected chi connectivity index (χ1v) is 12.4. The van der Waals surface area contributed by atoms with Crippen molar-refractivity contribution >= 4 is 21.8 Å². The number of sulfonamides is 1. The molecule has 4 heterocycles. The second-order valence-electron chi connectivity index (χ2n) is 7.62. The van der Waals surface area contributed by atoms with E-state index in [1.807, 2.05) is 25.6 Å². The van der Waals surface area contributed by atoms with Gasteiger partial charge in [-0.25, -0.2) is 13.1 Å². The summed E-state index contributed by atoms with van der Waals surface area (Å²) in [5.41, 5.74) is 1.61. The van der Waals surface area contributed by atoms with Gasteiger partial charge >= 0.3 is 0 Å². The minimum atomic E-state index is -3.70. The number of hydrogen-bond donors (Lipinski definition) is 1. The molecule has 0 bridgehead atoms. The van der Waals surface area contributed by atoms with Gasteiger partial charge < -0.3 is 13.8 Å². The van der Waals surface area contributed by atoms with E-state index in [0.717, 1.165) is 37.2 Å². The number of aryl methyl sites for hydroxylation is 1. The first-order valence-electron chi connectivity index (χ1n) is 9.81. The van der Waals surface area contributed by atoms with Gasteiger partial charge in [-0.05, 0) is 76.3 Å². The molecule has 2 aromatic rings. The van der Waals surface area contributed by atoms with Gasteiger partial charge in [0.1, 0.15) is 0 Å². The maximum Gasteiger partial charge on any atom is 0.274 e. The second kappa shape index (κ2) is 8.22. The van der Waals surface area contributed by atoms with E-state index in [4.69, 9.17) is 8.94 Å². The largest absolute Gasteiger partial charge is 0.440 e. The lowest BCUT2D eigenvalue weighted by molar-refractivity contribution is 0.141. The zero-order valence-electron chi connectivity index (χ0n) is 16.3. The van der Waals surface area contributed by atoms with Gasteiger partial charge in [0.25, 0.3) is 10.0 Å². The summed E-state index contributed by atoms with van der Waals surface area (Å²) in [6.45, 7) is 5.60. The Balaban J connectivity index is 1.38. The standard InChI is InChI=1S/C19H27N3O4S2/c1-13-14(2)20-26-19(13)17-3-4-18(25-17)28(23,24)21-15-5-9-22(10-6-15)16-7-11-27-12-8-16/h3-4,15-16,21H,5-12H2,1-2H3. The Morgan fingerprint density at radius 1 is 1.14 bits per heavy atom. The molecule has 2 fully saturated rings. The summed E-state index contributed by atoms with van der Waals surface area (Å²) in [6.07, 6.45) is 4.15. The molecular formula is C19H27N3O4S2. The van der Waals surface area contributed by atoms with Crippen molar-refractivity contribution in [3.63, 3.8) is 0 Å². The fourth-order valence-corrected chi connectivity index (χ4v) is 6.26. The van der Waals surface area contributed by atoms with Crippen LogP contribution in [0.4, 0.5) is 0 Å². The van der Waals surface area contributed by atoms with E-state index in [2.05, 4.69) is 14.8 Å². The Bertz CT molecular complexity index is 908. The summed E-state index contributed by atoms with van der Waals surface area (Å²) in [5.74, 6) is 3.33. The van der Waals surface area contributed by atoms with Gasteiger partial charge in [0, 0.05) is 17.6 Å². The lowest BCUT2D eigenvalue weighted by Crippen LogP contribution is -2.48. The molecule has 2 aliphatic rings. The van der Waals surface area contributed by atoms with Crippen LogP contribution in [-0.2, 0) is 10.0 Å². The van der Waals surface area contributed by atoms with Crippen molar-refractivity contribution in [3.05, 3.63) is 23.4 Å². The van der Waals surface area contributed by atoms with Crippen molar-refractivity contribution in [2.75, 3.05) is 24.6 Å². The van der Waals surface area contributed by atoms with Crippen LogP contribution in [0.25, 0.3) is 11.5 Å². The second-order valence-corrected chi connectivity index (χ2v) is 10.5. The molecule has 0 amide bonds. The van der Waals surface area contributed by atoms with E-state index in [9.17, 15) is 8.42 Å². The predicted octanol–water partition coefficient (Wildman–Crippen LogP) is 3.19. The lowest BCUT2D eigenvalue weighted by atomic mass is 10.0. The Morgan fingerprint density at radius 2 is 1.86 bits per heavy atom. The molecule has 0 aliphatic carbocycles. The molecule has 0 aromatic carbocycles. The Labute approximate surface area is 170 Å². The van der Waals surface area contributed by atoms with Crippen LogP contribution in [0.15, 0.2) is 26.2 Å². The average molecular weight is 426 g/mol. The van der Waals surface area contributed by atoms with Gasteiger partial charge in [0.15, 0.2) is 5.76 Å². The van der Waals surface area contributed by atoms with Crippen LogP contribution in [0.1, 0.15) is 36.9 Å². The number of piperidine rings is 1. The highest BCUT2D eigenvalue weighted by Crippen LogP contribution is 2.29. The number of hydrogen-bond acceptors (Lipinski definition) is 7. The van der Waals surface area contributed by atoms with E-state index in [0.29, 0.717) is 17.6 Å². The van der Waals surface area contributed by atoms with Crippen LogP contribution in [0.5, 0.6) is 0 Å². The Morgan fingerprint density at radius 3 is 2.50 bits per heavy atom. The van der Waals surface area contributed by atoms with Gasteiger partial charge in [-0.15, -0.1) is 0 Å². The van der Waals surface area contributed by atoms with Gasteiger partial charge in [0.05, 0.1) is 5.69 Å². The molecule has 0 saturated carbocycles. The first-order chi connectivity index (χ1) is 13.4. The molecule has 4 rings (SSSR count). The SMILES string of the molecule is Cc1noc(-c2ccc(S(=O)(=O)NC3CCN(C4CCSCC4)CC3)o2)c1C. The highest BCUT2D eigenvalue weighted by atomic mass is 32.2. The van der Waals surface area contributed by atoms with Crippen LogP contribution in [0, 0.1) is 13.8 Å². The Hall–Kier alpha value is -1.29. The first kappa shape index (κ1) is 20.0. The van der Waals surface area contributed by atoms with E-state index in [1.165, 1.54) is 30.4 Å². The van der Waals surface area contributed by atoms with Crippen LogP contribution < -0.4 is 4.72 Å². The monoisotopic (exact) mass is 425 g/mol. The number of thioether (sulfide) groups is 1. The van der Waals surface area contributed by atoms with Gasteiger partial charge in [-0.3, -0.25) is 0 Å². The molecule has 1 N–H and O–H groups in total. The number of nitrogens with one attached hydrogen (secondary N) is 1. The van der Waals surface area contributed by atoms with E-state index in [-0.39, 0.29) is 11.1 Å². The van der Waals surface area contributed by atoms with E-state index in [1.54, 1.807) is 6.07 Å². The van der Waals surface area contributed by atoms with Crippen LogP contribution in [-0.4, -0.2) is 55.2 Å². The summed E-state index contributed by atoms with van der Waals surface area (Å²) in [7, 11) is -3.70. The highest BCUT2D eigenvalue weighted by Gasteiger charge is 2.30. The zero-order valence-corrected chi connectivity index (χ0v) is 17.9. The summed E-state index contributed by atoms with van der Waals surface area (Å²) in [5, 5.41) is 3.82. The van der Waals surface area contributed by atoms with Gasteiger partial charge in [-0.2, -0.15) is 11.8 Å². The fourth-order valence-electron chi connectivity index (χ4n) is 3.94. The number of rotatable bonds is 5. The molecule has 0 atom stereocenters. The molecule has 2 aromatic heterocycles. The molecular weight excluding hydrogens is 398 g/mol. The fraction of sp³-hybridized carbons (Fsp3) is 0.632. The molecule has 0 radical (unpaired) electrons. The van der Waals surface area contributed by atoms with Crippen LogP contribution in [0.2, 0.25) is 0 Å². The summed E-state index contributed by atoms with van der Waals surface area (Å²) in [4.78, 5) is 2.53. The van der Waals surface area contributed by atoms with Gasteiger partial charge in [0.2, 0.25) is 10.9 Å².